The Morgan fingerprint density at radius 1 is 1.32 bits per heavy atom. The minimum absolute atomic E-state index is 0.0719. The van der Waals surface area contributed by atoms with Crippen LogP contribution in [-0.4, -0.2) is 32.3 Å². The third kappa shape index (κ3) is 3.11. The molecule has 7 heteroatoms. The second-order valence-corrected chi connectivity index (χ2v) is 3.69. The molecule has 0 amide bonds. The molecule has 1 aromatic rings. The van der Waals surface area contributed by atoms with Crippen molar-refractivity contribution in [1.29, 1.82) is 5.26 Å². The summed E-state index contributed by atoms with van der Waals surface area (Å²) < 4.78 is 14.9. The van der Waals surface area contributed by atoms with Crippen molar-refractivity contribution < 1.29 is 19.0 Å². The highest BCUT2D eigenvalue weighted by molar-refractivity contribution is 7.81. The van der Waals surface area contributed by atoms with Gasteiger partial charge in [-0.25, -0.2) is 4.79 Å². The average Bonchev–Trinajstić information content (AvgIpc) is 2.45. The van der Waals surface area contributed by atoms with Gasteiger partial charge in [0, 0.05) is 0 Å². The number of rotatable bonds is 4. The highest BCUT2D eigenvalue weighted by atomic mass is 32.1. The van der Waals surface area contributed by atoms with E-state index < -0.39 is 5.97 Å². The Hall–Kier alpha value is -2.33. The molecule has 0 saturated heterocycles. The molecule has 6 nitrogen and oxygen atoms in total. The van der Waals surface area contributed by atoms with Gasteiger partial charge in [-0.1, -0.05) is 0 Å². The first kappa shape index (κ1) is 14.7. The number of nitrogens with zero attached hydrogens (tertiary/aromatic N) is 1. The number of benzene rings is 1. The minimum Gasteiger partial charge on any atom is -0.493 e. The predicted octanol–water partition coefficient (Wildman–Crippen LogP) is 1.75. The number of carbonyl (C=O) groups excluding carboxylic acids is 1. The van der Waals surface area contributed by atoms with Gasteiger partial charge in [0.1, 0.15) is 11.6 Å². The first-order valence-corrected chi connectivity index (χ1v) is 5.54. The molecule has 1 aromatic carbocycles. The number of nitrogens with one attached hydrogen (secondary N) is 1. The van der Waals surface area contributed by atoms with Gasteiger partial charge < -0.3 is 19.5 Å². The van der Waals surface area contributed by atoms with E-state index in [-0.39, 0.29) is 16.3 Å². The summed E-state index contributed by atoms with van der Waals surface area (Å²) in [6, 6.07) is 4.90. The maximum absolute atomic E-state index is 11.8. The number of carbonyl (C=O) groups is 1. The molecular weight excluding hydrogens is 268 g/mol. The largest absolute Gasteiger partial charge is 0.493 e. The summed E-state index contributed by atoms with van der Waals surface area (Å²) in [6.45, 7) is 0. The van der Waals surface area contributed by atoms with Crippen LogP contribution < -0.4 is 14.8 Å². The Morgan fingerprint density at radius 2 is 2.00 bits per heavy atom. The number of hydrogen-bond donors (Lipinski definition) is 1. The van der Waals surface area contributed by atoms with E-state index in [0.717, 1.165) is 0 Å². The van der Waals surface area contributed by atoms with E-state index >= 15 is 0 Å². The molecule has 0 fully saturated rings. The van der Waals surface area contributed by atoms with Gasteiger partial charge in [0.15, 0.2) is 16.5 Å². The van der Waals surface area contributed by atoms with Crippen molar-refractivity contribution in [3.63, 3.8) is 0 Å². The van der Waals surface area contributed by atoms with Gasteiger partial charge in [0.25, 0.3) is 0 Å². The van der Waals surface area contributed by atoms with Gasteiger partial charge in [-0.15, -0.1) is 0 Å². The molecular formula is C12H12N2O4S. The van der Waals surface area contributed by atoms with Crippen molar-refractivity contribution in [2.45, 2.75) is 0 Å². The number of esters is 1. The van der Waals surface area contributed by atoms with E-state index in [2.05, 4.69) is 5.32 Å². The maximum atomic E-state index is 11.8. The average molecular weight is 280 g/mol. The molecule has 0 bridgehead atoms. The van der Waals surface area contributed by atoms with Gasteiger partial charge in [0.05, 0.1) is 27.0 Å². The third-order valence-electron chi connectivity index (χ3n) is 2.28. The van der Waals surface area contributed by atoms with Gasteiger partial charge in [-0.2, -0.15) is 5.26 Å². The van der Waals surface area contributed by atoms with E-state index in [1.54, 1.807) is 18.2 Å². The first-order chi connectivity index (χ1) is 9.08. The SMILES string of the molecule is COC(=O)c1c(NC(=S)C#N)ccc(OC)c1OC. The van der Waals surface area contributed by atoms with Gasteiger partial charge in [0.2, 0.25) is 0 Å². The monoisotopic (exact) mass is 280 g/mol. The topological polar surface area (TPSA) is 80.6 Å². The zero-order valence-electron chi connectivity index (χ0n) is 10.6. The van der Waals surface area contributed by atoms with Crippen molar-refractivity contribution >= 4 is 28.9 Å². The molecule has 0 aliphatic rings. The summed E-state index contributed by atoms with van der Waals surface area (Å²) >= 11 is 4.76. The van der Waals surface area contributed by atoms with Crippen molar-refractivity contribution in [1.82, 2.24) is 0 Å². The number of hydrogen-bond acceptors (Lipinski definition) is 6. The third-order valence-corrected chi connectivity index (χ3v) is 2.48. The normalized spacial score (nSPS) is 9.16. The van der Waals surface area contributed by atoms with Crippen LogP contribution in [0, 0.1) is 11.3 Å². The Bertz CT molecular complexity index is 551. The lowest BCUT2D eigenvalue weighted by atomic mass is 10.1. The predicted molar refractivity (Wildman–Crippen MR) is 72.7 cm³/mol. The summed E-state index contributed by atoms with van der Waals surface area (Å²) in [5, 5.41) is 11.3. The number of anilines is 1. The van der Waals surface area contributed by atoms with E-state index in [0.29, 0.717) is 11.4 Å². The number of nitriles is 1. The Morgan fingerprint density at radius 3 is 2.47 bits per heavy atom. The fourth-order valence-corrected chi connectivity index (χ4v) is 1.60. The van der Waals surface area contributed by atoms with Crippen LogP contribution in [0.1, 0.15) is 10.4 Å². The van der Waals surface area contributed by atoms with E-state index in [1.807, 2.05) is 0 Å². The molecule has 0 aliphatic heterocycles. The molecule has 100 valence electrons. The standard InChI is InChI=1S/C12H12N2O4S/c1-16-8-5-4-7(14-9(19)6-13)10(11(8)17-2)12(15)18-3/h4-5H,1-3H3,(H,14,19). The summed E-state index contributed by atoms with van der Waals surface area (Å²) in [5.74, 6) is -0.0459. The van der Waals surface area contributed by atoms with Crippen molar-refractivity contribution in [3.8, 4) is 17.6 Å². The minimum atomic E-state index is -0.626. The lowest BCUT2D eigenvalue weighted by Gasteiger charge is -2.15. The summed E-state index contributed by atoms with van der Waals surface area (Å²) in [7, 11) is 4.09. The Kier molecular flexibility index (Phi) is 5.09. The van der Waals surface area contributed by atoms with E-state index in [4.69, 9.17) is 31.7 Å². The second-order valence-electron chi connectivity index (χ2n) is 3.28. The van der Waals surface area contributed by atoms with Crippen molar-refractivity contribution in [3.05, 3.63) is 17.7 Å². The molecule has 0 radical (unpaired) electrons. The quantitative estimate of drug-likeness (QED) is 0.664. The molecule has 0 atom stereocenters. The van der Waals surface area contributed by atoms with Crippen LogP contribution in [0.4, 0.5) is 5.69 Å². The molecule has 0 unspecified atom stereocenters. The Labute approximate surface area is 115 Å². The van der Waals surface area contributed by atoms with Crippen LogP contribution in [-0.2, 0) is 4.74 Å². The summed E-state index contributed by atoms with van der Waals surface area (Å²) in [4.78, 5) is 11.8. The maximum Gasteiger partial charge on any atom is 0.343 e. The van der Waals surface area contributed by atoms with Crippen molar-refractivity contribution in [2.24, 2.45) is 0 Å². The molecule has 1 N–H and O–H groups in total. The van der Waals surface area contributed by atoms with Crippen LogP contribution in [0.15, 0.2) is 12.1 Å². The molecule has 0 heterocycles. The lowest BCUT2D eigenvalue weighted by Crippen LogP contribution is -2.13. The second kappa shape index (κ2) is 6.56. The fourth-order valence-electron chi connectivity index (χ4n) is 1.49. The van der Waals surface area contributed by atoms with Crippen LogP contribution in [0.25, 0.3) is 0 Å². The summed E-state index contributed by atoms with van der Waals surface area (Å²) in [5.41, 5.74) is 0.429. The molecule has 1 rings (SSSR count). The smallest absolute Gasteiger partial charge is 0.343 e. The van der Waals surface area contributed by atoms with Gasteiger partial charge >= 0.3 is 5.97 Å². The zero-order chi connectivity index (χ0) is 14.4. The molecule has 0 aliphatic carbocycles. The molecule has 0 spiro atoms. The lowest BCUT2D eigenvalue weighted by molar-refractivity contribution is 0.0597. The molecule has 0 aromatic heterocycles. The fraction of sp³-hybridized carbons (Fsp3) is 0.250. The van der Waals surface area contributed by atoms with Crippen LogP contribution in [0.3, 0.4) is 0 Å². The van der Waals surface area contributed by atoms with Gasteiger partial charge in [-0.05, 0) is 24.4 Å². The molecule has 0 saturated carbocycles. The Balaban J connectivity index is 3.43. The van der Waals surface area contributed by atoms with Crippen LogP contribution >= 0.6 is 12.2 Å². The number of ether oxygens (including phenoxy) is 3. The van der Waals surface area contributed by atoms with Crippen molar-refractivity contribution in [2.75, 3.05) is 26.6 Å². The van der Waals surface area contributed by atoms with Crippen LogP contribution in [0.2, 0.25) is 0 Å². The highest BCUT2D eigenvalue weighted by Crippen LogP contribution is 2.36. The summed E-state index contributed by atoms with van der Waals surface area (Å²) in [6.07, 6.45) is 0. The highest BCUT2D eigenvalue weighted by Gasteiger charge is 2.22. The zero-order valence-corrected chi connectivity index (χ0v) is 11.5. The number of thiocarbonyl (C=S) groups is 1. The van der Waals surface area contributed by atoms with E-state index in [1.165, 1.54) is 21.3 Å². The molecule has 19 heavy (non-hydrogen) atoms. The van der Waals surface area contributed by atoms with Gasteiger partial charge in [-0.3, -0.25) is 0 Å². The van der Waals surface area contributed by atoms with E-state index in [9.17, 15) is 4.79 Å². The first-order valence-electron chi connectivity index (χ1n) is 5.13. The number of methoxy groups -OCH3 is 3. The van der Waals surface area contributed by atoms with Crippen LogP contribution in [0.5, 0.6) is 11.5 Å².